The molecular weight excluding hydrogens is 324 g/mol. The molecule has 1 aromatic carbocycles. The predicted octanol–water partition coefficient (Wildman–Crippen LogP) is 1.50. The van der Waals surface area contributed by atoms with Gasteiger partial charge in [0.15, 0.2) is 15.6 Å². The van der Waals surface area contributed by atoms with E-state index in [1.807, 2.05) is 0 Å². The molecule has 0 fully saturated rings. The molecule has 0 unspecified atom stereocenters. The summed E-state index contributed by atoms with van der Waals surface area (Å²) in [5.41, 5.74) is -0.221. The van der Waals surface area contributed by atoms with E-state index >= 15 is 0 Å². The van der Waals surface area contributed by atoms with Crippen LogP contribution in [0.4, 0.5) is 5.69 Å². The Balaban J connectivity index is 3.05. The lowest BCUT2D eigenvalue weighted by Crippen LogP contribution is -2.39. The summed E-state index contributed by atoms with van der Waals surface area (Å²) in [5, 5.41) is 11.0. The molecule has 1 atom stereocenters. The van der Waals surface area contributed by atoms with Gasteiger partial charge in [-0.25, -0.2) is 8.42 Å². The van der Waals surface area contributed by atoms with Gasteiger partial charge in [0.25, 0.3) is 5.91 Å². The topological polar surface area (TPSA) is 107 Å². The number of methoxy groups -OCH3 is 1. The van der Waals surface area contributed by atoms with Crippen molar-refractivity contribution in [3.8, 4) is 5.75 Å². The summed E-state index contributed by atoms with van der Waals surface area (Å²) >= 11 is 0. The summed E-state index contributed by atoms with van der Waals surface area (Å²) in [6.07, 6.45) is 0. The summed E-state index contributed by atoms with van der Waals surface area (Å²) in [6.45, 7) is 3.15. The van der Waals surface area contributed by atoms with Gasteiger partial charge in [-0.1, -0.05) is 6.92 Å². The quantitative estimate of drug-likeness (QED) is 0.548. The van der Waals surface area contributed by atoms with E-state index in [0.717, 1.165) is 6.07 Å². The number of amides is 1. The van der Waals surface area contributed by atoms with E-state index in [1.165, 1.54) is 38.1 Å². The molecule has 9 heteroatoms. The molecule has 0 radical (unpaired) electrons. The first-order valence-electron chi connectivity index (χ1n) is 6.93. The minimum Gasteiger partial charge on any atom is -0.490 e. The number of carbonyl (C=O) groups excluding carboxylic acids is 1. The van der Waals surface area contributed by atoms with Crippen molar-refractivity contribution < 1.29 is 22.9 Å². The Morgan fingerprint density at radius 1 is 1.43 bits per heavy atom. The second-order valence-electron chi connectivity index (χ2n) is 5.11. The average Bonchev–Trinajstić information content (AvgIpc) is 2.52. The first kappa shape index (κ1) is 18.9. The molecule has 128 valence electrons. The van der Waals surface area contributed by atoms with E-state index in [4.69, 9.17) is 4.74 Å². The molecule has 0 N–H and O–H groups in total. The summed E-state index contributed by atoms with van der Waals surface area (Å²) in [6, 6.07) is 3.32. The van der Waals surface area contributed by atoms with Gasteiger partial charge in [-0.05, 0) is 19.1 Å². The monoisotopic (exact) mass is 344 g/mol. The molecule has 0 aliphatic heterocycles. The Labute approximate surface area is 135 Å². The molecule has 23 heavy (non-hydrogen) atoms. The van der Waals surface area contributed by atoms with Crippen molar-refractivity contribution in [2.24, 2.45) is 0 Å². The van der Waals surface area contributed by atoms with Crippen LogP contribution in [0.2, 0.25) is 0 Å². The van der Waals surface area contributed by atoms with E-state index in [9.17, 15) is 23.3 Å². The highest BCUT2D eigenvalue weighted by Gasteiger charge is 2.24. The lowest BCUT2D eigenvalue weighted by molar-refractivity contribution is -0.385. The largest absolute Gasteiger partial charge is 0.490 e. The van der Waals surface area contributed by atoms with Crippen LogP contribution in [0.15, 0.2) is 18.2 Å². The highest BCUT2D eigenvalue weighted by molar-refractivity contribution is 7.91. The van der Waals surface area contributed by atoms with Gasteiger partial charge in [-0.2, -0.15) is 0 Å². The number of nitro benzene ring substituents is 1. The maximum atomic E-state index is 12.4. The van der Waals surface area contributed by atoms with Crippen LogP contribution in [-0.2, 0) is 9.84 Å². The molecule has 1 rings (SSSR count). The molecule has 8 nitrogen and oxygen atoms in total. The van der Waals surface area contributed by atoms with E-state index in [2.05, 4.69) is 0 Å². The lowest BCUT2D eigenvalue weighted by atomic mass is 10.1. The van der Waals surface area contributed by atoms with E-state index in [1.54, 1.807) is 6.92 Å². The minimum absolute atomic E-state index is 0.00657. The highest BCUT2D eigenvalue weighted by atomic mass is 32.2. The van der Waals surface area contributed by atoms with Gasteiger partial charge < -0.3 is 9.64 Å². The zero-order valence-electron chi connectivity index (χ0n) is 13.5. The van der Waals surface area contributed by atoms with Crippen LogP contribution in [0.3, 0.4) is 0 Å². The van der Waals surface area contributed by atoms with Crippen LogP contribution < -0.4 is 4.74 Å². The van der Waals surface area contributed by atoms with Crippen molar-refractivity contribution in [1.29, 1.82) is 0 Å². The number of rotatable bonds is 7. The molecule has 0 heterocycles. The first-order chi connectivity index (χ1) is 10.6. The Morgan fingerprint density at radius 2 is 2.04 bits per heavy atom. The van der Waals surface area contributed by atoms with Crippen LogP contribution in [0.1, 0.15) is 24.2 Å². The molecule has 0 spiro atoms. The fourth-order valence-electron chi connectivity index (χ4n) is 1.97. The first-order valence-corrected chi connectivity index (χ1v) is 8.75. The van der Waals surface area contributed by atoms with Gasteiger partial charge in [-0.15, -0.1) is 0 Å². The van der Waals surface area contributed by atoms with E-state index in [-0.39, 0.29) is 28.5 Å². The zero-order valence-corrected chi connectivity index (χ0v) is 14.3. The average molecular weight is 344 g/mol. The third-order valence-corrected chi connectivity index (χ3v) is 5.41. The fraction of sp³-hybridized carbons (Fsp3) is 0.500. The SMILES string of the molecule is CCS(=O)(=O)C[C@@H](C)N(C)C(=O)c1ccc(OC)c([N+](=O)[O-])c1. The zero-order chi connectivity index (χ0) is 17.8. The molecule has 1 amide bonds. The number of sulfone groups is 1. The van der Waals surface area contributed by atoms with E-state index < -0.39 is 26.7 Å². The van der Waals surface area contributed by atoms with Crippen LogP contribution in [-0.4, -0.2) is 55.9 Å². The third-order valence-electron chi connectivity index (χ3n) is 3.54. The maximum absolute atomic E-state index is 12.4. The number of hydrogen-bond donors (Lipinski definition) is 0. The number of benzene rings is 1. The fourth-order valence-corrected chi connectivity index (χ4v) is 3.16. The summed E-state index contributed by atoms with van der Waals surface area (Å²) < 4.78 is 28.2. The predicted molar refractivity (Wildman–Crippen MR) is 85.5 cm³/mol. The van der Waals surface area contributed by atoms with Gasteiger partial charge >= 0.3 is 5.69 Å². The molecule has 0 saturated carbocycles. The number of nitro groups is 1. The molecule has 0 aliphatic carbocycles. The van der Waals surface area contributed by atoms with Crippen molar-refractivity contribution in [3.05, 3.63) is 33.9 Å². The van der Waals surface area contributed by atoms with Crippen molar-refractivity contribution in [2.45, 2.75) is 19.9 Å². The minimum atomic E-state index is -3.23. The summed E-state index contributed by atoms with van der Waals surface area (Å²) in [4.78, 5) is 24.0. The second kappa shape index (κ2) is 7.40. The van der Waals surface area contributed by atoms with Crippen molar-refractivity contribution in [3.63, 3.8) is 0 Å². The molecule has 0 saturated heterocycles. The maximum Gasteiger partial charge on any atom is 0.311 e. The smallest absolute Gasteiger partial charge is 0.311 e. The number of nitrogens with zero attached hydrogens (tertiary/aromatic N) is 2. The Kier molecular flexibility index (Phi) is 6.08. The van der Waals surface area contributed by atoms with Crippen LogP contribution in [0.25, 0.3) is 0 Å². The number of ether oxygens (including phenoxy) is 1. The van der Waals surface area contributed by atoms with Gasteiger partial charge in [0, 0.05) is 30.5 Å². The second-order valence-corrected chi connectivity index (χ2v) is 7.51. The Hall–Kier alpha value is -2.16. The number of hydrogen-bond acceptors (Lipinski definition) is 6. The normalized spacial score (nSPS) is 12.5. The van der Waals surface area contributed by atoms with Gasteiger partial charge in [0.2, 0.25) is 0 Å². The highest BCUT2D eigenvalue weighted by Crippen LogP contribution is 2.28. The van der Waals surface area contributed by atoms with Gasteiger partial charge in [0.05, 0.1) is 17.8 Å². The molecule has 1 aromatic rings. The molecule has 0 aromatic heterocycles. The molecular formula is C14H20N2O6S. The standard InChI is InChI=1S/C14H20N2O6S/c1-5-23(20,21)9-10(2)15(3)14(17)11-6-7-13(22-4)12(8-11)16(18)19/h6-8,10H,5,9H2,1-4H3/t10-/m1/s1. The van der Waals surface area contributed by atoms with Crippen molar-refractivity contribution in [1.82, 2.24) is 4.90 Å². The Bertz CT molecular complexity index is 701. The summed E-state index contributed by atoms with van der Waals surface area (Å²) in [5.74, 6) is -0.609. The third kappa shape index (κ3) is 4.65. The van der Waals surface area contributed by atoms with Gasteiger partial charge in [0.1, 0.15) is 0 Å². The molecule has 0 bridgehead atoms. The van der Waals surface area contributed by atoms with Crippen LogP contribution >= 0.6 is 0 Å². The van der Waals surface area contributed by atoms with Gasteiger partial charge in [-0.3, -0.25) is 14.9 Å². The van der Waals surface area contributed by atoms with Crippen LogP contribution in [0.5, 0.6) is 5.75 Å². The Morgan fingerprint density at radius 3 is 2.52 bits per heavy atom. The lowest BCUT2D eigenvalue weighted by Gasteiger charge is -2.24. The van der Waals surface area contributed by atoms with E-state index in [0.29, 0.717) is 0 Å². The summed E-state index contributed by atoms with van der Waals surface area (Å²) in [7, 11) is -0.468. The van der Waals surface area contributed by atoms with Crippen LogP contribution in [0, 0.1) is 10.1 Å². The van der Waals surface area contributed by atoms with Crippen molar-refractivity contribution >= 4 is 21.4 Å². The molecule has 0 aliphatic rings. The van der Waals surface area contributed by atoms with Crippen molar-refractivity contribution in [2.75, 3.05) is 25.7 Å². The number of carbonyl (C=O) groups is 1.